The van der Waals surface area contributed by atoms with Gasteiger partial charge < -0.3 is 4.74 Å². The van der Waals surface area contributed by atoms with E-state index in [4.69, 9.17) is 4.74 Å². The molecule has 0 fully saturated rings. The van der Waals surface area contributed by atoms with Gasteiger partial charge >= 0.3 is 0 Å². The van der Waals surface area contributed by atoms with Crippen LogP contribution in [0, 0.1) is 0 Å². The van der Waals surface area contributed by atoms with Crippen LogP contribution in [0.2, 0.25) is 0 Å². The minimum absolute atomic E-state index is 0.117. The van der Waals surface area contributed by atoms with Crippen LogP contribution < -0.4 is 4.74 Å². The van der Waals surface area contributed by atoms with Gasteiger partial charge in [-0.3, -0.25) is 9.59 Å². The van der Waals surface area contributed by atoms with Gasteiger partial charge in [-0.2, -0.15) is 0 Å². The second kappa shape index (κ2) is 3.94. The zero-order valence-electron chi connectivity index (χ0n) is 8.90. The van der Waals surface area contributed by atoms with Crippen LogP contribution in [0.15, 0.2) is 24.3 Å². The van der Waals surface area contributed by atoms with Crippen molar-refractivity contribution in [1.29, 1.82) is 0 Å². The van der Waals surface area contributed by atoms with Gasteiger partial charge in [0.05, 0.1) is 5.56 Å². The van der Waals surface area contributed by atoms with Crippen LogP contribution in [0.25, 0.3) is 0 Å². The summed E-state index contributed by atoms with van der Waals surface area (Å²) in [5, 5.41) is 0. The summed E-state index contributed by atoms with van der Waals surface area (Å²) in [7, 11) is 0. The number of hydrogen-bond acceptors (Lipinski definition) is 3. The van der Waals surface area contributed by atoms with Crippen molar-refractivity contribution in [3.63, 3.8) is 0 Å². The van der Waals surface area contributed by atoms with Crippen LogP contribution in [-0.4, -0.2) is 22.1 Å². The Morgan fingerprint density at radius 1 is 1.24 bits per heavy atom. The van der Waals surface area contributed by atoms with Crippen molar-refractivity contribution >= 4 is 34.2 Å². The summed E-state index contributed by atoms with van der Waals surface area (Å²) in [5.41, 5.74) is 1.94. The maximum Gasteiger partial charge on any atom is 0.190 e. The Kier molecular flexibility index (Phi) is 2.54. The van der Waals surface area contributed by atoms with Gasteiger partial charge in [-0.1, -0.05) is 28.7 Å². The molecule has 3 rings (SSSR count). The van der Waals surface area contributed by atoms with Crippen LogP contribution >= 0.6 is 22.6 Å². The highest BCUT2D eigenvalue weighted by Gasteiger charge is 2.31. The highest BCUT2D eigenvalue weighted by atomic mass is 127. The van der Waals surface area contributed by atoms with Crippen molar-refractivity contribution in [3.8, 4) is 5.75 Å². The lowest BCUT2D eigenvalue weighted by Gasteiger charge is -2.13. The number of fused-ring (bicyclic) bond motifs is 3. The Hall–Kier alpha value is -1.17. The van der Waals surface area contributed by atoms with Crippen LogP contribution in [0.3, 0.4) is 0 Å². The first-order chi connectivity index (χ1) is 8.20. The predicted octanol–water partition coefficient (Wildman–Crippen LogP) is 2.36. The summed E-state index contributed by atoms with van der Waals surface area (Å²) in [6, 6.07) is 3.63. The van der Waals surface area contributed by atoms with Crippen LogP contribution in [0.5, 0.6) is 5.75 Å². The van der Waals surface area contributed by atoms with Crippen molar-refractivity contribution in [2.75, 3.05) is 4.43 Å². The van der Waals surface area contributed by atoms with Gasteiger partial charge in [0.25, 0.3) is 0 Å². The van der Waals surface area contributed by atoms with Crippen molar-refractivity contribution < 1.29 is 14.3 Å². The van der Waals surface area contributed by atoms with Gasteiger partial charge in [0.15, 0.2) is 11.6 Å². The Balaban J connectivity index is 2.18. The van der Waals surface area contributed by atoms with E-state index < -0.39 is 0 Å². The number of allylic oxidation sites excluding steroid dienone is 2. The predicted molar refractivity (Wildman–Crippen MR) is 71.3 cm³/mol. The van der Waals surface area contributed by atoms with Crippen molar-refractivity contribution in [2.45, 2.75) is 12.5 Å². The number of hydrogen-bond donors (Lipinski definition) is 0. The zero-order chi connectivity index (χ0) is 12.0. The lowest BCUT2D eigenvalue weighted by Crippen LogP contribution is -2.16. The minimum atomic E-state index is -0.134. The maximum absolute atomic E-state index is 11.9. The molecule has 0 saturated carbocycles. The Morgan fingerprint density at radius 2 is 2.00 bits per heavy atom. The molecule has 4 heteroatoms. The van der Waals surface area contributed by atoms with E-state index in [1.807, 2.05) is 6.07 Å². The van der Waals surface area contributed by atoms with Crippen LogP contribution in [0.1, 0.15) is 26.3 Å². The number of benzene rings is 1. The molecule has 1 aliphatic carbocycles. The third-order valence-corrected chi connectivity index (χ3v) is 4.02. The third-order valence-electron chi connectivity index (χ3n) is 3.04. The Bertz CT molecular complexity index is 560. The van der Waals surface area contributed by atoms with Gasteiger partial charge in [-0.05, 0) is 23.8 Å². The third kappa shape index (κ3) is 1.62. The number of ether oxygens (including phenoxy) is 1. The zero-order valence-corrected chi connectivity index (χ0v) is 11.1. The fraction of sp³-hybridized carbons (Fsp3) is 0.231. The first-order valence-electron chi connectivity index (χ1n) is 5.36. The van der Waals surface area contributed by atoms with E-state index in [0.717, 1.165) is 16.4 Å². The van der Waals surface area contributed by atoms with E-state index in [9.17, 15) is 9.59 Å². The SMILES string of the molecule is O=C1C=CC(=O)c2c1ccc1c2OC(CI)C1. The molecule has 0 N–H and O–H groups in total. The normalized spacial score (nSPS) is 21.1. The first-order valence-corrected chi connectivity index (χ1v) is 6.88. The van der Waals surface area contributed by atoms with Gasteiger partial charge in [0, 0.05) is 16.4 Å². The molecular weight excluding hydrogens is 331 g/mol. The number of carbonyl (C=O) groups excluding carboxylic acids is 2. The number of halogens is 1. The van der Waals surface area contributed by atoms with Crippen LogP contribution in [0.4, 0.5) is 0 Å². The quantitative estimate of drug-likeness (QED) is 0.582. The molecule has 0 amide bonds. The largest absolute Gasteiger partial charge is 0.488 e. The monoisotopic (exact) mass is 340 g/mol. The van der Waals surface area contributed by atoms with E-state index in [2.05, 4.69) is 22.6 Å². The van der Waals surface area contributed by atoms with E-state index in [1.165, 1.54) is 12.2 Å². The van der Waals surface area contributed by atoms with E-state index >= 15 is 0 Å². The molecule has 1 aromatic rings. The molecule has 2 aliphatic rings. The summed E-state index contributed by atoms with van der Waals surface area (Å²) < 4.78 is 6.63. The molecule has 0 saturated heterocycles. The van der Waals surface area contributed by atoms with Crippen molar-refractivity contribution in [3.05, 3.63) is 41.0 Å². The highest BCUT2D eigenvalue weighted by molar-refractivity contribution is 14.1. The van der Waals surface area contributed by atoms with Crippen molar-refractivity contribution in [1.82, 2.24) is 0 Å². The van der Waals surface area contributed by atoms with Gasteiger partial charge in [0.1, 0.15) is 11.9 Å². The summed E-state index contributed by atoms with van der Waals surface area (Å²) in [6.07, 6.45) is 3.58. The molecule has 0 radical (unpaired) electrons. The average molecular weight is 340 g/mol. The van der Waals surface area contributed by atoms with E-state index in [-0.39, 0.29) is 17.7 Å². The lowest BCUT2D eigenvalue weighted by molar-refractivity contribution is 0.0990. The molecule has 1 atom stereocenters. The fourth-order valence-electron chi connectivity index (χ4n) is 2.24. The topological polar surface area (TPSA) is 43.4 Å². The Labute approximate surface area is 112 Å². The second-order valence-electron chi connectivity index (χ2n) is 4.14. The van der Waals surface area contributed by atoms with E-state index in [1.54, 1.807) is 6.07 Å². The Morgan fingerprint density at radius 3 is 2.76 bits per heavy atom. The smallest absolute Gasteiger partial charge is 0.190 e. The standard InChI is InChI=1S/C13H9IO3/c14-6-8-5-7-1-2-9-10(15)3-4-11(16)12(9)13(7)17-8/h1-4,8H,5-6H2. The second-order valence-corrected chi connectivity index (χ2v) is 5.02. The number of alkyl halides is 1. The number of ketones is 2. The average Bonchev–Trinajstić information content (AvgIpc) is 2.76. The molecular formula is C13H9IO3. The summed E-state index contributed by atoms with van der Waals surface area (Å²) in [6.45, 7) is 0. The minimum Gasteiger partial charge on any atom is -0.488 e. The highest BCUT2D eigenvalue weighted by Crippen LogP contribution is 2.37. The number of carbonyl (C=O) groups is 2. The molecule has 0 spiro atoms. The van der Waals surface area contributed by atoms with Gasteiger partial charge in [0.2, 0.25) is 0 Å². The summed E-state index contributed by atoms with van der Waals surface area (Å²) in [5.74, 6) is 0.362. The molecule has 86 valence electrons. The number of rotatable bonds is 1. The molecule has 0 bridgehead atoms. The molecule has 3 nitrogen and oxygen atoms in total. The fourth-order valence-corrected chi connectivity index (χ4v) is 2.73. The molecule has 1 heterocycles. The molecule has 17 heavy (non-hydrogen) atoms. The van der Waals surface area contributed by atoms with Crippen molar-refractivity contribution in [2.24, 2.45) is 0 Å². The summed E-state index contributed by atoms with van der Waals surface area (Å²) in [4.78, 5) is 23.6. The molecule has 0 aromatic heterocycles. The lowest BCUT2D eigenvalue weighted by atomic mass is 9.92. The summed E-state index contributed by atoms with van der Waals surface area (Å²) >= 11 is 2.26. The van der Waals surface area contributed by atoms with Gasteiger partial charge in [-0.15, -0.1) is 0 Å². The maximum atomic E-state index is 11.9. The van der Waals surface area contributed by atoms with E-state index in [0.29, 0.717) is 16.9 Å². The van der Waals surface area contributed by atoms with Crippen LogP contribution in [-0.2, 0) is 6.42 Å². The molecule has 1 unspecified atom stereocenters. The molecule has 1 aliphatic heterocycles. The first kappa shape index (κ1) is 11.0. The molecule has 1 aromatic carbocycles. The van der Waals surface area contributed by atoms with Gasteiger partial charge in [-0.25, -0.2) is 0 Å².